The fourth-order valence-corrected chi connectivity index (χ4v) is 6.27. The standard InChI is InChI=1S/C23H34O5/c1-14-6-7-17-10-18(8-9-22(14,17)4)23(5)12-21(28-16(3)26)20(27-15(2)25)11-19(23)13-24/h13,17-21H,1,6-12H2,2-5H3/t17?,18?,19-,20+,21-,22-,23-/m1/s1. The van der Waals surface area contributed by atoms with E-state index in [-0.39, 0.29) is 22.7 Å². The fraction of sp³-hybridized carbons (Fsp3) is 0.783. The average Bonchev–Trinajstić information content (AvgIpc) is 2.91. The van der Waals surface area contributed by atoms with Crippen LogP contribution in [-0.2, 0) is 23.9 Å². The van der Waals surface area contributed by atoms with Crippen LogP contribution in [0.2, 0.25) is 0 Å². The summed E-state index contributed by atoms with van der Waals surface area (Å²) >= 11 is 0. The third-order valence-corrected chi connectivity index (χ3v) is 8.21. The second kappa shape index (κ2) is 7.64. The highest BCUT2D eigenvalue weighted by Crippen LogP contribution is 2.61. The molecule has 28 heavy (non-hydrogen) atoms. The topological polar surface area (TPSA) is 69.7 Å². The molecule has 7 atom stereocenters. The lowest BCUT2D eigenvalue weighted by molar-refractivity contribution is -0.183. The number of allylic oxidation sites excluding steroid dienone is 1. The van der Waals surface area contributed by atoms with Gasteiger partial charge >= 0.3 is 11.9 Å². The van der Waals surface area contributed by atoms with Gasteiger partial charge in [0.2, 0.25) is 0 Å². The molecular formula is C23H34O5. The highest BCUT2D eigenvalue weighted by Gasteiger charge is 2.55. The van der Waals surface area contributed by atoms with Gasteiger partial charge in [-0.05, 0) is 67.6 Å². The van der Waals surface area contributed by atoms with E-state index in [4.69, 9.17) is 9.47 Å². The molecule has 5 nitrogen and oxygen atoms in total. The van der Waals surface area contributed by atoms with E-state index >= 15 is 0 Å². The van der Waals surface area contributed by atoms with E-state index in [2.05, 4.69) is 20.4 Å². The van der Waals surface area contributed by atoms with Gasteiger partial charge in [-0.2, -0.15) is 0 Å². The van der Waals surface area contributed by atoms with Crippen molar-refractivity contribution in [2.45, 2.75) is 84.8 Å². The number of carbonyl (C=O) groups is 3. The molecule has 0 aromatic carbocycles. The number of hydrogen-bond donors (Lipinski definition) is 0. The van der Waals surface area contributed by atoms with Gasteiger partial charge in [0, 0.05) is 19.8 Å². The minimum Gasteiger partial charge on any atom is -0.459 e. The van der Waals surface area contributed by atoms with Crippen molar-refractivity contribution in [3.8, 4) is 0 Å². The molecule has 0 radical (unpaired) electrons. The quantitative estimate of drug-likeness (QED) is 0.408. The smallest absolute Gasteiger partial charge is 0.303 e. The molecule has 0 aromatic heterocycles. The SMILES string of the molecule is C=C1CCC2CC([C@@]3(C)C[C@@H](OC(C)=O)[C@@H](OC(C)=O)C[C@@H]3C=O)CC[C@]12C. The largest absolute Gasteiger partial charge is 0.459 e. The third-order valence-electron chi connectivity index (χ3n) is 8.21. The molecule has 3 aliphatic rings. The number of esters is 2. The molecule has 0 amide bonds. The van der Waals surface area contributed by atoms with Crippen molar-refractivity contribution in [1.29, 1.82) is 0 Å². The van der Waals surface area contributed by atoms with Gasteiger partial charge < -0.3 is 14.3 Å². The lowest BCUT2D eigenvalue weighted by Gasteiger charge is -2.53. The zero-order valence-corrected chi connectivity index (χ0v) is 17.7. The summed E-state index contributed by atoms with van der Waals surface area (Å²) < 4.78 is 11.0. The summed E-state index contributed by atoms with van der Waals surface area (Å²) in [5.41, 5.74) is 1.35. The van der Waals surface area contributed by atoms with Crippen LogP contribution in [0.3, 0.4) is 0 Å². The molecule has 156 valence electrons. The summed E-state index contributed by atoms with van der Waals surface area (Å²) in [6, 6.07) is 0. The molecule has 3 rings (SSSR count). The van der Waals surface area contributed by atoms with Gasteiger partial charge in [0.15, 0.2) is 0 Å². The average molecular weight is 391 g/mol. The van der Waals surface area contributed by atoms with E-state index in [1.54, 1.807) is 0 Å². The molecule has 3 aliphatic carbocycles. The van der Waals surface area contributed by atoms with Crippen LogP contribution in [0, 0.1) is 28.6 Å². The Balaban J connectivity index is 1.84. The predicted octanol–water partition coefficient (Wildman–Crippen LogP) is 4.24. The number of rotatable bonds is 4. The lowest BCUT2D eigenvalue weighted by Crippen LogP contribution is -2.53. The van der Waals surface area contributed by atoms with Crippen LogP contribution in [0.4, 0.5) is 0 Å². The van der Waals surface area contributed by atoms with Crippen LogP contribution in [0.5, 0.6) is 0 Å². The zero-order valence-electron chi connectivity index (χ0n) is 17.7. The molecule has 0 saturated heterocycles. The first-order valence-corrected chi connectivity index (χ1v) is 10.6. The molecular weight excluding hydrogens is 356 g/mol. The summed E-state index contributed by atoms with van der Waals surface area (Å²) in [7, 11) is 0. The molecule has 0 bridgehead atoms. The molecule has 0 N–H and O–H groups in total. The Bertz CT molecular complexity index is 670. The molecule has 3 fully saturated rings. The maximum Gasteiger partial charge on any atom is 0.303 e. The van der Waals surface area contributed by atoms with Gasteiger partial charge in [0.05, 0.1) is 0 Å². The Labute approximate surface area is 168 Å². The Morgan fingerprint density at radius 3 is 2.29 bits per heavy atom. The van der Waals surface area contributed by atoms with Crippen molar-refractivity contribution in [1.82, 2.24) is 0 Å². The van der Waals surface area contributed by atoms with Gasteiger partial charge in [0.1, 0.15) is 18.5 Å². The first kappa shape index (κ1) is 21.1. The zero-order chi connectivity index (χ0) is 20.7. The Hall–Kier alpha value is -1.65. The monoisotopic (exact) mass is 390 g/mol. The lowest BCUT2D eigenvalue weighted by atomic mass is 9.53. The number of aldehydes is 1. The van der Waals surface area contributed by atoms with E-state index < -0.39 is 18.2 Å². The van der Waals surface area contributed by atoms with Crippen LogP contribution >= 0.6 is 0 Å². The summed E-state index contributed by atoms with van der Waals surface area (Å²) in [5.74, 6) is 0.0116. The Morgan fingerprint density at radius 2 is 1.68 bits per heavy atom. The molecule has 2 unspecified atom stereocenters. The van der Waals surface area contributed by atoms with Crippen LogP contribution in [0.15, 0.2) is 12.2 Å². The van der Waals surface area contributed by atoms with E-state index in [1.807, 2.05) is 0 Å². The number of ether oxygens (including phenoxy) is 2. The maximum atomic E-state index is 12.1. The Kier molecular flexibility index (Phi) is 5.75. The van der Waals surface area contributed by atoms with Crippen molar-refractivity contribution in [3.05, 3.63) is 12.2 Å². The van der Waals surface area contributed by atoms with Gasteiger partial charge in [-0.15, -0.1) is 0 Å². The van der Waals surface area contributed by atoms with Crippen LogP contribution in [-0.4, -0.2) is 30.4 Å². The van der Waals surface area contributed by atoms with Crippen molar-refractivity contribution < 1.29 is 23.9 Å². The van der Waals surface area contributed by atoms with Gasteiger partial charge in [0.25, 0.3) is 0 Å². The molecule has 0 spiro atoms. The van der Waals surface area contributed by atoms with Gasteiger partial charge in [-0.25, -0.2) is 0 Å². The van der Waals surface area contributed by atoms with Crippen LogP contribution < -0.4 is 0 Å². The normalized spacial score (nSPS) is 43.1. The van der Waals surface area contributed by atoms with Crippen molar-refractivity contribution >= 4 is 18.2 Å². The van der Waals surface area contributed by atoms with Crippen molar-refractivity contribution in [3.63, 3.8) is 0 Å². The molecule has 0 aliphatic heterocycles. The van der Waals surface area contributed by atoms with E-state index in [9.17, 15) is 14.4 Å². The summed E-state index contributed by atoms with van der Waals surface area (Å²) in [6.07, 6.45) is 6.49. The predicted molar refractivity (Wildman–Crippen MR) is 105 cm³/mol. The second-order valence-corrected chi connectivity index (χ2v) is 9.71. The van der Waals surface area contributed by atoms with E-state index in [0.29, 0.717) is 24.7 Å². The van der Waals surface area contributed by atoms with Gasteiger partial charge in [-0.1, -0.05) is 26.0 Å². The number of carbonyl (C=O) groups excluding carboxylic acids is 3. The van der Waals surface area contributed by atoms with Crippen molar-refractivity contribution in [2.75, 3.05) is 0 Å². The highest BCUT2D eigenvalue weighted by atomic mass is 16.6. The molecule has 3 saturated carbocycles. The first-order chi connectivity index (χ1) is 13.1. The first-order valence-electron chi connectivity index (χ1n) is 10.6. The summed E-state index contributed by atoms with van der Waals surface area (Å²) in [4.78, 5) is 35.3. The molecule has 0 heterocycles. The number of hydrogen-bond acceptors (Lipinski definition) is 5. The van der Waals surface area contributed by atoms with E-state index in [1.165, 1.54) is 25.8 Å². The highest BCUT2D eigenvalue weighted by molar-refractivity contribution is 5.67. The second-order valence-electron chi connectivity index (χ2n) is 9.71. The van der Waals surface area contributed by atoms with Crippen LogP contribution in [0.25, 0.3) is 0 Å². The molecule has 5 heteroatoms. The molecule has 0 aromatic rings. The van der Waals surface area contributed by atoms with Crippen molar-refractivity contribution in [2.24, 2.45) is 28.6 Å². The Morgan fingerprint density at radius 1 is 1.04 bits per heavy atom. The number of fused-ring (bicyclic) bond motifs is 1. The fourth-order valence-electron chi connectivity index (χ4n) is 6.27. The minimum atomic E-state index is -0.551. The minimum absolute atomic E-state index is 0.206. The van der Waals surface area contributed by atoms with E-state index in [0.717, 1.165) is 32.0 Å². The summed E-state index contributed by atoms with van der Waals surface area (Å²) in [5, 5.41) is 0. The maximum absolute atomic E-state index is 12.1. The van der Waals surface area contributed by atoms with Gasteiger partial charge in [-0.3, -0.25) is 9.59 Å². The van der Waals surface area contributed by atoms with Crippen LogP contribution in [0.1, 0.15) is 72.6 Å². The third kappa shape index (κ3) is 3.65. The summed E-state index contributed by atoms with van der Waals surface area (Å²) in [6.45, 7) is 11.6.